The fourth-order valence-electron chi connectivity index (χ4n) is 2.54. The van der Waals surface area contributed by atoms with E-state index in [0.717, 1.165) is 5.56 Å². The van der Waals surface area contributed by atoms with E-state index in [9.17, 15) is 9.59 Å². The van der Waals surface area contributed by atoms with Gasteiger partial charge >= 0.3 is 5.97 Å². The van der Waals surface area contributed by atoms with Crippen molar-refractivity contribution in [2.24, 2.45) is 0 Å². The van der Waals surface area contributed by atoms with Crippen molar-refractivity contribution in [2.75, 3.05) is 6.54 Å². The Labute approximate surface area is 136 Å². The van der Waals surface area contributed by atoms with Gasteiger partial charge in [0, 0.05) is 17.5 Å². The molecule has 3 rings (SSSR count). The molecule has 1 amide bonds. The van der Waals surface area contributed by atoms with Crippen molar-refractivity contribution in [3.8, 4) is 10.6 Å². The monoisotopic (exact) mass is 336 g/mol. The number of thiazole rings is 1. The predicted molar refractivity (Wildman–Crippen MR) is 84.3 cm³/mol. The van der Waals surface area contributed by atoms with Crippen LogP contribution in [0.2, 0.25) is 5.02 Å². The van der Waals surface area contributed by atoms with Crippen LogP contribution in [-0.2, 0) is 4.79 Å². The van der Waals surface area contributed by atoms with Crippen molar-refractivity contribution in [3.63, 3.8) is 0 Å². The zero-order chi connectivity index (χ0) is 15.7. The van der Waals surface area contributed by atoms with Gasteiger partial charge in [-0.25, -0.2) is 9.78 Å². The number of nitrogens with zero attached hydrogens (tertiary/aromatic N) is 2. The average Bonchev–Trinajstić information content (AvgIpc) is 3.16. The number of halogens is 1. The fraction of sp³-hybridized carbons (Fsp3) is 0.267. The van der Waals surface area contributed by atoms with Crippen LogP contribution in [0.25, 0.3) is 10.6 Å². The molecule has 0 radical (unpaired) electrons. The number of aromatic nitrogens is 1. The van der Waals surface area contributed by atoms with Gasteiger partial charge in [0.05, 0.1) is 5.02 Å². The van der Waals surface area contributed by atoms with Crippen molar-refractivity contribution in [1.82, 2.24) is 9.88 Å². The molecule has 1 aromatic heterocycles. The number of carboxylic acids is 1. The number of benzene rings is 1. The van der Waals surface area contributed by atoms with Crippen LogP contribution in [0.3, 0.4) is 0 Å². The number of amides is 1. The molecule has 1 aliphatic rings. The lowest BCUT2D eigenvalue weighted by Crippen LogP contribution is -2.40. The lowest BCUT2D eigenvalue weighted by molar-refractivity contribution is -0.141. The molecule has 1 atom stereocenters. The minimum absolute atomic E-state index is 0.271. The minimum atomic E-state index is -0.965. The maximum atomic E-state index is 12.5. The normalized spacial score (nSPS) is 17.7. The van der Waals surface area contributed by atoms with Gasteiger partial charge in [0.1, 0.15) is 16.7 Å². The van der Waals surface area contributed by atoms with Crippen LogP contribution in [0.5, 0.6) is 0 Å². The standard InChI is InChI=1S/C15H13ClN2O3S/c16-10-5-2-1-4-9(10)13-17-11(8-22-13)14(19)18-7-3-6-12(18)15(20)21/h1-2,4-5,8,12H,3,6-7H2,(H,20,21)/t12-/m0/s1. The van der Waals surface area contributed by atoms with Crippen LogP contribution in [0.1, 0.15) is 23.3 Å². The second-order valence-corrected chi connectivity index (χ2v) is 6.28. The van der Waals surface area contributed by atoms with Crippen molar-refractivity contribution in [3.05, 3.63) is 40.4 Å². The molecule has 0 aliphatic carbocycles. The number of carboxylic acid groups (broad SMARTS) is 1. The molecule has 2 aromatic rings. The largest absolute Gasteiger partial charge is 0.480 e. The molecule has 0 bridgehead atoms. The smallest absolute Gasteiger partial charge is 0.326 e. The Morgan fingerprint density at radius 2 is 2.14 bits per heavy atom. The Hall–Kier alpha value is -1.92. The van der Waals surface area contributed by atoms with Crippen LogP contribution in [0.4, 0.5) is 0 Å². The van der Waals surface area contributed by atoms with Crippen molar-refractivity contribution in [1.29, 1.82) is 0 Å². The van der Waals surface area contributed by atoms with E-state index >= 15 is 0 Å². The number of likely N-dealkylation sites (tertiary alicyclic amines) is 1. The van der Waals surface area contributed by atoms with Crippen LogP contribution >= 0.6 is 22.9 Å². The fourth-order valence-corrected chi connectivity index (χ4v) is 3.66. The summed E-state index contributed by atoms with van der Waals surface area (Å²) in [6, 6.07) is 6.53. The lowest BCUT2D eigenvalue weighted by atomic mass is 10.2. The maximum Gasteiger partial charge on any atom is 0.326 e. The molecule has 0 unspecified atom stereocenters. The Morgan fingerprint density at radius 1 is 1.36 bits per heavy atom. The number of carbonyl (C=O) groups excluding carboxylic acids is 1. The second kappa shape index (κ2) is 6.06. The van der Waals surface area contributed by atoms with Gasteiger partial charge in [-0.15, -0.1) is 11.3 Å². The van der Waals surface area contributed by atoms with E-state index in [1.54, 1.807) is 11.4 Å². The van der Waals surface area contributed by atoms with E-state index in [4.69, 9.17) is 16.7 Å². The summed E-state index contributed by atoms with van der Waals surface area (Å²) in [6.07, 6.45) is 1.19. The lowest BCUT2D eigenvalue weighted by Gasteiger charge is -2.20. The summed E-state index contributed by atoms with van der Waals surface area (Å²) in [5.41, 5.74) is 1.04. The average molecular weight is 337 g/mol. The molecule has 5 nitrogen and oxygen atoms in total. The maximum absolute atomic E-state index is 12.5. The molecule has 1 N–H and O–H groups in total. The molecular weight excluding hydrogens is 324 g/mol. The van der Waals surface area contributed by atoms with Crippen LogP contribution in [0, 0.1) is 0 Å². The third kappa shape index (κ3) is 2.71. The minimum Gasteiger partial charge on any atom is -0.480 e. The molecule has 2 heterocycles. The zero-order valence-electron chi connectivity index (χ0n) is 11.5. The summed E-state index contributed by atoms with van der Waals surface area (Å²) in [5.74, 6) is -1.30. The van der Waals surface area contributed by atoms with Crippen molar-refractivity contribution in [2.45, 2.75) is 18.9 Å². The summed E-state index contributed by atoms with van der Waals surface area (Å²) in [4.78, 5) is 29.4. The predicted octanol–water partition coefficient (Wildman–Crippen LogP) is 3.15. The van der Waals surface area contributed by atoms with E-state index < -0.39 is 12.0 Å². The van der Waals surface area contributed by atoms with E-state index in [1.165, 1.54) is 16.2 Å². The summed E-state index contributed by atoms with van der Waals surface area (Å²) in [6.45, 7) is 0.453. The highest BCUT2D eigenvalue weighted by molar-refractivity contribution is 7.13. The summed E-state index contributed by atoms with van der Waals surface area (Å²) in [7, 11) is 0. The van der Waals surface area contributed by atoms with Crippen LogP contribution < -0.4 is 0 Å². The first-order chi connectivity index (χ1) is 10.6. The number of carbonyl (C=O) groups is 2. The Morgan fingerprint density at radius 3 is 2.86 bits per heavy atom. The molecule has 0 spiro atoms. The first-order valence-corrected chi connectivity index (χ1v) is 8.08. The molecule has 1 saturated heterocycles. The molecule has 1 aliphatic heterocycles. The van der Waals surface area contributed by atoms with Gasteiger partial charge in [-0.1, -0.05) is 29.8 Å². The van der Waals surface area contributed by atoms with E-state index in [0.29, 0.717) is 29.4 Å². The Bertz CT molecular complexity index is 731. The van der Waals surface area contributed by atoms with Gasteiger partial charge in [0.2, 0.25) is 0 Å². The summed E-state index contributed by atoms with van der Waals surface area (Å²) < 4.78 is 0. The van der Waals surface area contributed by atoms with Crippen molar-refractivity contribution >= 4 is 34.8 Å². The van der Waals surface area contributed by atoms with E-state index in [1.807, 2.05) is 18.2 Å². The Kier molecular flexibility index (Phi) is 4.13. The number of rotatable bonds is 3. The third-order valence-electron chi connectivity index (χ3n) is 3.63. The van der Waals surface area contributed by atoms with Crippen LogP contribution in [0.15, 0.2) is 29.6 Å². The van der Waals surface area contributed by atoms with Crippen LogP contribution in [-0.4, -0.2) is 39.5 Å². The van der Waals surface area contributed by atoms with E-state index in [2.05, 4.69) is 4.98 Å². The zero-order valence-corrected chi connectivity index (χ0v) is 13.1. The molecular formula is C15H13ClN2O3S. The van der Waals surface area contributed by atoms with Gasteiger partial charge in [0.15, 0.2) is 0 Å². The molecule has 1 aromatic carbocycles. The van der Waals surface area contributed by atoms with Gasteiger partial charge in [-0.3, -0.25) is 4.79 Å². The summed E-state index contributed by atoms with van der Waals surface area (Å²) >= 11 is 7.46. The highest BCUT2D eigenvalue weighted by Crippen LogP contribution is 2.31. The first kappa shape index (κ1) is 15.0. The SMILES string of the molecule is O=C(O)[C@@H]1CCCN1C(=O)c1csc(-c2ccccc2Cl)n1. The first-order valence-electron chi connectivity index (χ1n) is 6.82. The number of hydrogen-bond acceptors (Lipinski definition) is 4. The van der Waals surface area contributed by atoms with Gasteiger partial charge in [-0.2, -0.15) is 0 Å². The van der Waals surface area contributed by atoms with Gasteiger partial charge in [-0.05, 0) is 18.9 Å². The van der Waals surface area contributed by atoms with Gasteiger partial charge < -0.3 is 10.0 Å². The molecule has 1 fully saturated rings. The summed E-state index contributed by atoms with van der Waals surface area (Å²) in [5, 5.41) is 12.0. The quantitative estimate of drug-likeness (QED) is 0.934. The number of hydrogen-bond donors (Lipinski definition) is 1. The highest BCUT2D eigenvalue weighted by Gasteiger charge is 2.35. The molecule has 114 valence electrons. The second-order valence-electron chi connectivity index (χ2n) is 5.01. The molecule has 0 saturated carbocycles. The topological polar surface area (TPSA) is 70.5 Å². The molecule has 22 heavy (non-hydrogen) atoms. The van der Waals surface area contributed by atoms with Gasteiger partial charge in [0.25, 0.3) is 5.91 Å². The molecule has 7 heteroatoms. The van der Waals surface area contributed by atoms with Crippen molar-refractivity contribution < 1.29 is 14.7 Å². The van der Waals surface area contributed by atoms with E-state index in [-0.39, 0.29) is 11.6 Å². The highest BCUT2D eigenvalue weighted by atomic mass is 35.5. The third-order valence-corrected chi connectivity index (χ3v) is 4.83. The Balaban J connectivity index is 1.86. The number of aliphatic carboxylic acids is 1.